The van der Waals surface area contributed by atoms with Crippen molar-refractivity contribution in [2.45, 2.75) is 37.8 Å². The van der Waals surface area contributed by atoms with Crippen LogP contribution in [0.25, 0.3) is 0 Å². The molecule has 1 saturated carbocycles. The molecule has 1 amide bonds. The SMILES string of the molecule is Nc1nc(NC2CCC2)sc1C(=O)NC1CCOC1. The molecule has 1 atom stereocenters. The summed E-state index contributed by atoms with van der Waals surface area (Å²) in [7, 11) is 0. The summed E-state index contributed by atoms with van der Waals surface area (Å²) < 4.78 is 5.23. The number of thiazole rings is 1. The summed E-state index contributed by atoms with van der Waals surface area (Å²) in [5.41, 5.74) is 5.82. The summed E-state index contributed by atoms with van der Waals surface area (Å²) in [6.07, 6.45) is 4.45. The minimum absolute atomic E-state index is 0.0945. The number of rotatable bonds is 4. The molecule has 2 fully saturated rings. The van der Waals surface area contributed by atoms with Gasteiger partial charge in [-0.05, 0) is 25.7 Å². The average Bonchev–Trinajstić information content (AvgIpc) is 2.93. The number of nitrogens with two attached hydrogens (primary N) is 1. The number of hydrogen-bond donors (Lipinski definition) is 3. The van der Waals surface area contributed by atoms with Crippen LogP contribution in [0, 0.1) is 0 Å². The van der Waals surface area contributed by atoms with Crippen LogP contribution in [-0.2, 0) is 4.74 Å². The van der Waals surface area contributed by atoms with Gasteiger partial charge in [0, 0.05) is 12.6 Å². The third-order valence-electron chi connectivity index (χ3n) is 3.56. The van der Waals surface area contributed by atoms with E-state index in [2.05, 4.69) is 15.6 Å². The normalized spacial score (nSPS) is 23.1. The van der Waals surface area contributed by atoms with Gasteiger partial charge in [-0.25, -0.2) is 4.98 Å². The van der Waals surface area contributed by atoms with Gasteiger partial charge in [0.1, 0.15) is 10.7 Å². The van der Waals surface area contributed by atoms with Gasteiger partial charge in [-0.2, -0.15) is 0 Å². The highest BCUT2D eigenvalue weighted by Gasteiger charge is 2.24. The molecule has 2 aliphatic rings. The van der Waals surface area contributed by atoms with Crippen LogP contribution in [-0.4, -0.2) is 36.2 Å². The Morgan fingerprint density at radius 1 is 1.37 bits per heavy atom. The van der Waals surface area contributed by atoms with E-state index in [0.29, 0.717) is 30.0 Å². The Balaban J connectivity index is 1.63. The zero-order valence-electron chi connectivity index (χ0n) is 10.6. The van der Waals surface area contributed by atoms with Crippen molar-refractivity contribution < 1.29 is 9.53 Å². The molecule has 0 radical (unpaired) electrons. The second-order valence-electron chi connectivity index (χ2n) is 5.04. The summed E-state index contributed by atoms with van der Waals surface area (Å²) in [5.74, 6) is 0.162. The van der Waals surface area contributed by atoms with Crippen molar-refractivity contribution in [2.75, 3.05) is 24.3 Å². The van der Waals surface area contributed by atoms with E-state index in [1.807, 2.05) is 0 Å². The molecule has 4 N–H and O–H groups in total. The summed E-state index contributed by atoms with van der Waals surface area (Å²) in [6, 6.07) is 0.585. The van der Waals surface area contributed by atoms with Crippen molar-refractivity contribution in [2.24, 2.45) is 0 Å². The number of nitrogens with zero attached hydrogens (tertiary/aromatic N) is 1. The van der Waals surface area contributed by atoms with E-state index in [1.165, 1.54) is 30.6 Å². The number of nitrogen functional groups attached to an aromatic ring is 1. The second-order valence-corrected chi connectivity index (χ2v) is 6.04. The van der Waals surface area contributed by atoms with E-state index in [-0.39, 0.29) is 11.9 Å². The first-order valence-electron chi connectivity index (χ1n) is 6.64. The maximum Gasteiger partial charge on any atom is 0.265 e. The topological polar surface area (TPSA) is 89.3 Å². The molecule has 0 aromatic carbocycles. The Labute approximate surface area is 115 Å². The molecular weight excluding hydrogens is 264 g/mol. The number of nitrogens with one attached hydrogen (secondary N) is 2. The van der Waals surface area contributed by atoms with E-state index in [1.54, 1.807) is 0 Å². The molecule has 1 unspecified atom stereocenters. The fraction of sp³-hybridized carbons (Fsp3) is 0.667. The van der Waals surface area contributed by atoms with Crippen LogP contribution in [0.3, 0.4) is 0 Å². The molecular formula is C12H18N4O2S. The molecule has 0 bridgehead atoms. The Morgan fingerprint density at radius 2 is 2.21 bits per heavy atom. The number of aromatic nitrogens is 1. The Hall–Kier alpha value is -1.34. The minimum atomic E-state index is -0.146. The van der Waals surface area contributed by atoms with Crippen LogP contribution in [0.1, 0.15) is 35.4 Å². The Bertz CT molecular complexity index is 466. The average molecular weight is 282 g/mol. The first kappa shape index (κ1) is 12.7. The van der Waals surface area contributed by atoms with Crippen molar-refractivity contribution in [1.29, 1.82) is 0 Å². The summed E-state index contributed by atoms with van der Waals surface area (Å²) in [5, 5.41) is 6.99. The van der Waals surface area contributed by atoms with E-state index >= 15 is 0 Å². The van der Waals surface area contributed by atoms with Gasteiger partial charge in [0.25, 0.3) is 5.91 Å². The number of ether oxygens (including phenoxy) is 1. The van der Waals surface area contributed by atoms with E-state index in [4.69, 9.17) is 10.5 Å². The van der Waals surface area contributed by atoms with E-state index < -0.39 is 0 Å². The lowest BCUT2D eigenvalue weighted by Crippen LogP contribution is -2.34. The van der Waals surface area contributed by atoms with Crippen LogP contribution < -0.4 is 16.4 Å². The highest BCUT2D eigenvalue weighted by molar-refractivity contribution is 7.18. The highest BCUT2D eigenvalue weighted by atomic mass is 32.1. The molecule has 6 nitrogen and oxygen atoms in total. The lowest BCUT2D eigenvalue weighted by molar-refractivity contribution is 0.0934. The zero-order chi connectivity index (χ0) is 13.2. The van der Waals surface area contributed by atoms with Gasteiger partial charge in [0.05, 0.1) is 12.6 Å². The standard InChI is InChI=1S/C12H18N4O2S/c13-10-9(11(17)14-8-4-5-18-6-8)19-12(16-10)15-7-2-1-3-7/h7-8H,1-6,13H2,(H,14,17)(H,15,16). The molecule has 1 aromatic rings. The maximum absolute atomic E-state index is 12.1. The van der Waals surface area contributed by atoms with Gasteiger partial charge in [0.15, 0.2) is 5.13 Å². The van der Waals surface area contributed by atoms with Crippen LogP contribution in [0.15, 0.2) is 0 Å². The van der Waals surface area contributed by atoms with E-state index in [9.17, 15) is 4.79 Å². The Morgan fingerprint density at radius 3 is 2.84 bits per heavy atom. The summed E-state index contributed by atoms with van der Waals surface area (Å²) >= 11 is 1.33. The molecule has 2 heterocycles. The summed E-state index contributed by atoms with van der Waals surface area (Å²) in [4.78, 5) is 16.8. The second kappa shape index (κ2) is 5.34. The van der Waals surface area contributed by atoms with Crippen molar-refractivity contribution in [1.82, 2.24) is 10.3 Å². The van der Waals surface area contributed by atoms with E-state index in [0.717, 1.165) is 11.6 Å². The Kier molecular flexibility index (Phi) is 3.56. The van der Waals surface area contributed by atoms with Crippen molar-refractivity contribution in [3.8, 4) is 0 Å². The molecule has 7 heteroatoms. The maximum atomic E-state index is 12.1. The molecule has 19 heavy (non-hydrogen) atoms. The lowest BCUT2D eigenvalue weighted by atomic mass is 9.93. The monoisotopic (exact) mass is 282 g/mol. The van der Waals surface area contributed by atoms with Crippen LogP contribution >= 0.6 is 11.3 Å². The van der Waals surface area contributed by atoms with Crippen LogP contribution in [0.4, 0.5) is 10.9 Å². The van der Waals surface area contributed by atoms with Gasteiger partial charge >= 0.3 is 0 Å². The third-order valence-corrected chi connectivity index (χ3v) is 4.56. The number of anilines is 2. The predicted octanol–water partition coefficient (Wildman–Crippen LogP) is 1.21. The fourth-order valence-electron chi connectivity index (χ4n) is 2.18. The van der Waals surface area contributed by atoms with Crippen molar-refractivity contribution >= 4 is 28.2 Å². The van der Waals surface area contributed by atoms with Gasteiger partial charge in [-0.1, -0.05) is 11.3 Å². The molecule has 0 spiro atoms. The first-order valence-corrected chi connectivity index (χ1v) is 7.45. The third kappa shape index (κ3) is 2.82. The minimum Gasteiger partial charge on any atom is -0.382 e. The summed E-state index contributed by atoms with van der Waals surface area (Å²) in [6.45, 7) is 1.29. The van der Waals surface area contributed by atoms with Gasteiger partial charge in [-0.3, -0.25) is 4.79 Å². The predicted molar refractivity (Wildman–Crippen MR) is 74.5 cm³/mol. The zero-order valence-corrected chi connectivity index (χ0v) is 11.5. The molecule has 1 aliphatic carbocycles. The molecule has 1 aliphatic heterocycles. The quantitative estimate of drug-likeness (QED) is 0.772. The molecule has 104 valence electrons. The van der Waals surface area contributed by atoms with Gasteiger partial charge in [0.2, 0.25) is 0 Å². The van der Waals surface area contributed by atoms with Crippen LogP contribution in [0.2, 0.25) is 0 Å². The van der Waals surface area contributed by atoms with Crippen LogP contribution in [0.5, 0.6) is 0 Å². The van der Waals surface area contributed by atoms with Gasteiger partial charge in [-0.15, -0.1) is 0 Å². The molecule has 1 aromatic heterocycles. The smallest absolute Gasteiger partial charge is 0.265 e. The van der Waals surface area contributed by atoms with Crippen molar-refractivity contribution in [3.05, 3.63) is 4.88 Å². The number of amides is 1. The number of carbonyl (C=O) groups excluding carboxylic acids is 1. The number of carbonyl (C=O) groups is 1. The molecule has 1 saturated heterocycles. The van der Waals surface area contributed by atoms with Gasteiger partial charge < -0.3 is 21.1 Å². The fourth-order valence-corrected chi connectivity index (χ4v) is 3.05. The highest BCUT2D eigenvalue weighted by Crippen LogP contribution is 2.29. The number of hydrogen-bond acceptors (Lipinski definition) is 6. The van der Waals surface area contributed by atoms with Crippen molar-refractivity contribution in [3.63, 3.8) is 0 Å². The molecule has 3 rings (SSSR count). The lowest BCUT2D eigenvalue weighted by Gasteiger charge is -2.25. The largest absolute Gasteiger partial charge is 0.382 e. The first-order chi connectivity index (χ1) is 9.22.